The first kappa shape index (κ1) is 13.4. The number of hydrogen-bond acceptors (Lipinski definition) is 4. The second-order valence-corrected chi connectivity index (χ2v) is 5.10. The topological polar surface area (TPSA) is 46.3 Å². The molecule has 0 spiro atoms. The Morgan fingerprint density at radius 1 is 1.30 bits per heavy atom. The van der Waals surface area contributed by atoms with Crippen molar-refractivity contribution < 1.29 is 13.2 Å². The molecule has 0 amide bonds. The van der Waals surface area contributed by atoms with E-state index in [2.05, 4.69) is 15.2 Å². The second-order valence-electron chi connectivity index (χ2n) is 4.74. The molecule has 9 heteroatoms. The van der Waals surface area contributed by atoms with Gasteiger partial charge in [0, 0.05) is 25.5 Å². The van der Waals surface area contributed by atoms with Crippen LogP contribution in [0.3, 0.4) is 0 Å². The zero-order valence-electron chi connectivity index (χ0n) is 10.3. The SMILES string of the molecule is FC(F)(F)C1CCCN(c2nnc3c(Cl)nccn23)C1. The Morgan fingerprint density at radius 3 is 2.85 bits per heavy atom. The van der Waals surface area contributed by atoms with Crippen LogP contribution in [-0.2, 0) is 0 Å². The van der Waals surface area contributed by atoms with Gasteiger partial charge >= 0.3 is 6.18 Å². The Hall–Kier alpha value is -1.57. The van der Waals surface area contributed by atoms with E-state index in [9.17, 15) is 13.2 Å². The largest absolute Gasteiger partial charge is 0.393 e. The van der Waals surface area contributed by atoms with E-state index >= 15 is 0 Å². The lowest BCUT2D eigenvalue weighted by atomic mass is 9.98. The lowest BCUT2D eigenvalue weighted by Crippen LogP contribution is -2.42. The van der Waals surface area contributed by atoms with Crippen molar-refractivity contribution >= 4 is 23.2 Å². The molecule has 0 aliphatic carbocycles. The van der Waals surface area contributed by atoms with E-state index in [0.29, 0.717) is 24.6 Å². The summed E-state index contributed by atoms with van der Waals surface area (Å²) in [6.45, 7) is 0.414. The molecule has 1 aliphatic heterocycles. The van der Waals surface area contributed by atoms with Crippen LogP contribution in [-0.4, -0.2) is 38.8 Å². The summed E-state index contributed by atoms with van der Waals surface area (Å²) in [7, 11) is 0. The smallest absolute Gasteiger partial charge is 0.340 e. The molecular formula is C11H11ClF3N5. The molecule has 1 fully saturated rings. The molecule has 2 aromatic heterocycles. The molecule has 1 unspecified atom stereocenters. The summed E-state index contributed by atoms with van der Waals surface area (Å²) in [5.74, 6) is -0.959. The van der Waals surface area contributed by atoms with Gasteiger partial charge in [-0.2, -0.15) is 13.2 Å². The van der Waals surface area contributed by atoms with Crippen LogP contribution in [0.4, 0.5) is 19.1 Å². The van der Waals surface area contributed by atoms with E-state index in [1.54, 1.807) is 15.5 Å². The first-order valence-electron chi connectivity index (χ1n) is 6.13. The summed E-state index contributed by atoms with van der Waals surface area (Å²) in [6, 6.07) is 0. The minimum Gasteiger partial charge on any atom is -0.340 e. The number of anilines is 1. The van der Waals surface area contributed by atoms with Gasteiger partial charge in [0.15, 0.2) is 10.8 Å². The zero-order valence-corrected chi connectivity index (χ0v) is 11.1. The molecule has 2 aromatic rings. The summed E-state index contributed by atoms with van der Waals surface area (Å²) in [5.41, 5.74) is 0.346. The first-order chi connectivity index (χ1) is 9.47. The second kappa shape index (κ2) is 4.76. The third kappa shape index (κ3) is 2.28. The highest BCUT2D eigenvalue weighted by atomic mass is 35.5. The number of aromatic nitrogens is 4. The van der Waals surface area contributed by atoms with Crippen molar-refractivity contribution in [2.45, 2.75) is 19.0 Å². The maximum atomic E-state index is 12.8. The standard InChI is InChI=1S/C11H11ClF3N5/c12-8-9-17-18-10(20(9)5-3-16-8)19-4-1-2-7(6-19)11(13,14)15/h3,5,7H,1-2,4,6H2. The lowest BCUT2D eigenvalue weighted by Gasteiger charge is -2.33. The molecule has 0 aromatic carbocycles. The Morgan fingerprint density at radius 2 is 2.10 bits per heavy atom. The van der Waals surface area contributed by atoms with Crippen LogP contribution in [0.1, 0.15) is 12.8 Å². The molecule has 3 rings (SSSR count). The van der Waals surface area contributed by atoms with Gasteiger partial charge in [0.1, 0.15) is 0 Å². The number of piperidine rings is 1. The molecule has 20 heavy (non-hydrogen) atoms. The van der Waals surface area contributed by atoms with Crippen LogP contribution in [0.2, 0.25) is 5.15 Å². The van der Waals surface area contributed by atoms with E-state index in [4.69, 9.17) is 11.6 Å². The van der Waals surface area contributed by atoms with Crippen LogP contribution in [0, 0.1) is 5.92 Å². The molecule has 1 saturated heterocycles. The number of hydrogen-bond donors (Lipinski definition) is 0. The predicted molar refractivity (Wildman–Crippen MR) is 66.8 cm³/mol. The number of rotatable bonds is 1. The van der Waals surface area contributed by atoms with E-state index in [1.807, 2.05) is 0 Å². The van der Waals surface area contributed by atoms with Gasteiger partial charge in [0.2, 0.25) is 5.95 Å². The van der Waals surface area contributed by atoms with E-state index in [1.165, 1.54) is 6.20 Å². The van der Waals surface area contributed by atoms with Gasteiger partial charge in [0.25, 0.3) is 0 Å². The van der Waals surface area contributed by atoms with Gasteiger partial charge in [-0.1, -0.05) is 11.6 Å². The average Bonchev–Trinajstić information content (AvgIpc) is 2.83. The molecule has 0 N–H and O–H groups in total. The highest BCUT2D eigenvalue weighted by molar-refractivity contribution is 6.32. The van der Waals surface area contributed by atoms with E-state index in [-0.39, 0.29) is 18.1 Å². The van der Waals surface area contributed by atoms with Crippen molar-refractivity contribution in [2.24, 2.45) is 5.92 Å². The Balaban J connectivity index is 1.93. The Labute approximate surface area is 117 Å². The Kier molecular flexibility index (Phi) is 3.19. The van der Waals surface area contributed by atoms with Gasteiger partial charge in [-0.15, -0.1) is 10.2 Å². The van der Waals surface area contributed by atoms with Crippen molar-refractivity contribution in [3.8, 4) is 0 Å². The van der Waals surface area contributed by atoms with E-state index in [0.717, 1.165) is 0 Å². The van der Waals surface area contributed by atoms with Crippen LogP contribution in [0.5, 0.6) is 0 Å². The minimum atomic E-state index is -4.18. The summed E-state index contributed by atoms with van der Waals surface area (Å²) < 4.78 is 40.1. The average molecular weight is 306 g/mol. The fraction of sp³-hybridized carbons (Fsp3) is 0.545. The normalized spacial score (nSPS) is 20.6. The summed E-state index contributed by atoms with van der Waals surface area (Å²) in [5, 5.41) is 8.00. The molecular weight excluding hydrogens is 295 g/mol. The van der Waals surface area contributed by atoms with Crippen molar-refractivity contribution in [3.05, 3.63) is 17.5 Å². The zero-order chi connectivity index (χ0) is 14.3. The number of fused-ring (bicyclic) bond motifs is 1. The molecule has 1 aliphatic rings. The third-order valence-corrected chi connectivity index (χ3v) is 3.70. The summed E-state index contributed by atoms with van der Waals surface area (Å²) >= 11 is 5.88. The van der Waals surface area contributed by atoms with Crippen molar-refractivity contribution in [1.82, 2.24) is 19.6 Å². The van der Waals surface area contributed by atoms with Crippen LogP contribution in [0.15, 0.2) is 12.4 Å². The lowest BCUT2D eigenvalue weighted by molar-refractivity contribution is -0.176. The molecule has 108 valence electrons. The predicted octanol–water partition coefficient (Wildman–Crippen LogP) is 2.56. The van der Waals surface area contributed by atoms with Crippen molar-refractivity contribution in [1.29, 1.82) is 0 Å². The summed E-state index contributed by atoms with van der Waals surface area (Å²) in [6.07, 6.45) is -0.504. The summed E-state index contributed by atoms with van der Waals surface area (Å²) in [4.78, 5) is 5.46. The van der Waals surface area contributed by atoms with Gasteiger partial charge in [0.05, 0.1) is 5.92 Å². The molecule has 0 bridgehead atoms. The van der Waals surface area contributed by atoms with Crippen LogP contribution >= 0.6 is 11.6 Å². The molecule has 3 heterocycles. The maximum absolute atomic E-state index is 12.8. The minimum absolute atomic E-state index is 0.107. The van der Waals surface area contributed by atoms with Crippen molar-refractivity contribution in [2.75, 3.05) is 18.0 Å². The fourth-order valence-electron chi connectivity index (χ4n) is 2.43. The number of nitrogens with zero attached hydrogens (tertiary/aromatic N) is 5. The molecule has 0 saturated carbocycles. The fourth-order valence-corrected chi connectivity index (χ4v) is 2.61. The monoisotopic (exact) mass is 305 g/mol. The van der Waals surface area contributed by atoms with Crippen LogP contribution < -0.4 is 4.90 Å². The van der Waals surface area contributed by atoms with Crippen LogP contribution in [0.25, 0.3) is 5.65 Å². The maximum Gasteiger partial charge on any atom is 0.393 e. The van der Waals surface area contributed by atoms with Gasteiger partial charge in [-0.25, -0.2) is 4.98 Å². The molecule has 5 nitrogen and oxygen atoms in total. The molecule has 0 radical (unpaired) electrons. The number of halogens is 4. The van der Waals surface area contributed by atoms with Gasteiger partial charge < -0.3 is 4.90 Å². The number of alkyl halides is 3. The first-order valence-corrected chi connectivity index (χ1v) is 6.51. The third-order valence-electron chi connectivity index (χ3n) is 3.43. The highest BCUT2D eigenvalue weighted by Crippen LogP contribution is 2.34. The Bertz CT molecular complexity index is 626. The van der Waals surface area contributed by atoms with Crippen molar-refractivity contribution in [3.63, 3.8) is 0 Å². The quantitative estimate of drug-likeness (QED) is 0.812. The highest BCUT2D eigenvalue weighted by Gasteiger charge is 2.42. The van der Waals surface area contributed by atoms with E-state index < -0.39 is 12.1 Å². The molecule has 1 atom stereocenters. The van der Waals surface area contributed by atoms with Gasteiger partial charge in [-0.3, -0.25) is 4.40 Å². The van der Waals surface area contributed by atoms with Gasteiger partial charge in [-0.05, 0) is 12.8 Å².